The van der Waals surface area contributed by atoms with Crippen molar-refractivity contribution in [1.29, 1.82) is 0 Å². The second-order valence-electron chi connectivity index (χ2n) is 4.15. The molecule has 0 bridgehead atoms. The van der Waals surface area contributed by atoms with Gasteiger partial charge in [0.15, 0.2) is 5.78 Å². The van der Waals surface area contributed by atoms with Crippen molar-refractivity contribution >= 4 is 17.1 Å². The van der Waals surface area contributed by atoms with Gasteiger partial charge in [0.1, 0.15) is 17.6 Å². The molecule has 2 aromatic rings. The predicted octanol–water partition coefficient (Wildman–Crippen LogP) is 3.46. The fraction of sp³-hybridized carbons (Fsp3) is 0.214. The van der Waals surface area contributed by atoms with Crippen molar-refractivity contribution in [1.82, 2.24) is 0 Å². The minimum Gasteiger partial charge on any atom is -0.497 e. The van der Waals surface area contributed by atoms with Gasteiger partial charge in [-0.1, -0.05) is 0 Å². The van der Waals surface area contributed by atoms with Gasteiger partial charge in [-0.15, -0.1) is 0 Å². The van der Waals surface area contributed by atoms with Crippen molar-refractivity contribution in [2.45, 2.75) is 12.5 Å². The normalized spacial score (nSPS) is 18.1. The highest BCUT2D eigenvalue weighted by Gasteiger charge is 2.28. The van der Waals surface area contributed by atoms with Crippen LogP contribution in [0.1, 0.15) is 28.4 Å². The second-order valence-corrected chi connectivity index (χ2v) is 4.93. The van der Waals surface area contributed by atoms with Gasteiger partial charge in [-0.2, -0.15) is 11.3 Å². The zero-order valence-corrected chi connectivity index (χ0v) is 10.7. The average molecular weight is 260 g/mol. The summed E-state index contributed by atoms with van der Waals surface area (Å²) in [5.74, 6) is 1.43. The second kappa shape index (κ2) is 4.46. The quantitative estimate of drug-likeness (QED) is 0.829. The molecule has 3 nitrogen and oxygen atoms in total. The van der Waals surface area contributed by atoms with Crippen molar-refractivity contribution < 1.29 is 14.3 Å². The molecule has 0 saturated heterocycles. The number of methoxy groups -OCH3 is 1. The molecule has 0 aliphatic carbocycles. The first-order chi connectivity index (χ1) is 8.78. The fourth-order valence-corrected chi connectivity index (χ4v) is 2.78. The Morgan fingerprint density at radius 1 is 1.39 bits per heavy atom. The topological polar surface area (TPSA) is 35.5 Å². The van der Waals surface area contributed by atoms with E-state index in [1.807, 2.05) is 22.9 Å². The van der Waals surface area contributed by atoms with Crippen LogP contribution in [0.25, 0.3) is 0 Å². The maximum absolute atomic E-state index is 12.1. The first-order valence-electron chi connectivity index (χ1n) is 5.68. The zero-order valence-electron chi connectivity index (χ0n) is 9.88. The van der Waals surface area contributed by atoms with E-state index in [1.165, 1.54) is 0 Å². The van der Waals surface area contributed by atoms with E-state index in [2.05, 4.69) is 0 Å². The third-order valence-electron chi connectivity index (χ3n) is 3.04. The molecule has 0 spiro atoms. The maximum Gasteiger partial charge on any atom is 0.170 e. The summed E-state index contributed by atoms with van der Waals surface area (Å²) in [6.45, 7) is 0. The molecule has 2 heterocycles. The number of ether oxygens (including phenoxy) is 2. The summed E-state index contributed by atoms with van der Waals surface area (Å²) in [7, 11) is 1.59. The maximum atomic E-state index is 12.1. The van der Waals surface area contributed by atoms with Gasteiger partial charge in [-0.3, -0.25) is 4.79 Å². The SMILES string of the molecule is COc1ccc2c(c1)C(=O)CC(c1ccsc1)O2. The number of fused-ring (bicyclic) bond motifs is 1. The van der Waals surface area contributed by atoms with Gasteiger partial charge in [-0.05, 0) is 35.0 Å². The lowest BCUT2D eigenvalue weighted by Crippen LogP contribution is -2.19. The minimum atomic E-state index is -0.162. The lowest BCUT2D eigenvalue weighted by molar-refractivity contribution is 0.0850. The number of ketones is 1. The molecule has 3 rings (SSSR count). The highest BCUT2D eigenvalue weighted by atomic mass is 32.1. The molecule has 1 aromatic carbocycles. The van der Waals surface area contributed by atoms with Gasteiger partial charge < -0.3 is 9.47 Å². The van der Waals surface area contributed by atoms with Crippen LogP contribution in [0.2, 0.25) is 0 Å². The van der Waals surface area contributed by atoms with Crippen molar-refractivity contribution in [3.8, 4) is 11.5 Å². The Hall–Kier alpha value is -1.81. The standard InChI is InChI=1S/C14H12O3S/c1-16-10-2-3-13-11(6-10)12(15)7-14(17-13)9-4-5-18-8-9/h2-6,8,14H,7H2,1H3. The van der Waals surface area contributed by atoms with Crippen LogP contribution in [0.3, 0.4) is 0 Å². The molecule has 18 heavy (non-hydrogen) atoms. The van der Waals surface area contributed by atoms with Gasteiger partial charge >= 0.3 is 0 Å². The summed E-state index contributed by atoms with van der Waals surface area (Å²) in [5.41, 5.74) is 1.68. The lowest BCUT2D eigenvalue weighted by atomic mass is 9.97. The van der Waals surface area contributed by atoms with E-state index in [1.54, 1.807) is 30.6 Å². The number of hydrogen-bond donors (Lipinski definition) is 0. The van der Waals surface area contributed by atoms with Gasteiger partial charge in [-0.25, -0.2) is 0 Å². The van der Waals surface area contributed by atoms with E-state index in [9.17, 15) is 4.79 Å². The monoisotopic (exact) mass is 260 g/mol. The number of thiophene rings is 1. The molecule has 0 fully saturated rings. The molecule has 0 N–H and O–H groups in total. The molecular formula is C14H12O3S. The van der Waals surface area contributed by atoms with Crippen molar-refractivity contribution in [3.63, 3.8) is 0 Å². The molecule has 1 atom stereocenters. The predicted molar refractivity (Wildman–Crippen MR) is 69.6 cm³/mol. The third-order valence-corrected chi connectivity index (χ3v) is 3.74. The minimum absolute atomic E-state index is 0.103. The van der Waals surface area contributed by atoms with Crippen molar-refractivity contribution in [2.75, 3.05) is 7.11 Å². The Morgan fingerprint density at radius 3 is 3.00 bits per heavy atom. The van der Waals surface area contributed by atoms with E-state index in [0.717, 1.165) is 5.56 Å². The van der Waals surface area contributed by atoms with Crippen LogP contribution in [0, 0.1) is 0 Å². The molecular weight excluding hydrogens is 248 g/mol. The largest absolute Gasteiger partial charge is 0.497 e. The van der Waals surface area contributed by atoms with Crippen molar-refractivity contribution in [3.05, 3.63) is 46.2 Å². The van der Waals surface area contributed by atoms with E-state index in [0.29, 0.717) is 23.5 Å². The average Bonchev–Trinajstić information content (AvgIpc) is 2.92. The van der Waals surface area contributed by atoms with Crippen molar-refractivity contribution in [2.24, 2.45) is 0 Å². The summed E-state index contributed by atoms with van der Waals surface area (Å²) in [6, 6.07) is 7.34. The van der Waals surface area contributed by atoms with Gasteiger partial charge in [0.25, 0.3) is 0 Å². The van der Waals surface area contributed by atoms with E-state index in [4.69, 9.17) is 9.47 Å². The Labute approximate surface area is 109 Å². The van der Waals surface area contributed by atoms with Crippen LogP contribution in [0.15, 0.2) is 35.0 Å². The lowest BCUT2D eigenvalue weighted by Gasteiger charge is -2.25. The Bertz CT molecular complexity index is 575. The molecule has 0 saturated carbocycles. The number of carbonyl (C=O) groups is 1. The number of rotatable bonds is 2. The number of benzene rings is 1. The summed E-state index contributed by atoms with van der Waals surface area (Å²) in [5, 5.41) is 4.01. The molecule has 1 aliphatic rings. The molecule has 0 amide bonds. The number of carbonyl (C=O) groups excluding carboxylic acids is 1. The molecule has 0 radical (unpaired) electrons. The van der Waals surface area contributed by atoms with Crippen LogP contribution in [-0.4, -0.2) is 12.9 Å². The van der Waals surface area contributed by atoms with Gasteiger partial charge in [0.2, 0.25) is 0 Å². The molecule has 1 aromatic heterocycles. The summed E-state index contributed by atoms with van der Waals surface area (Å²) in [6.07, 6.45) is 0.223. The number of Topliss-reactive ketones (excluding diaryl/α,β-unsaturated/α-hetero) is 1. The van der Waals surface area contributed by atoms with Gasteiger partial charge in [0.05, 0.1) is 19.1 Å². The molecule has 1 unspecified atom stereocenters. The van der Waals surface area contributed by atoms with E-state index < -0.39 is 0 Å². The molecule has 1 aliphatic heterocycles. The highest BCUT2D eigenvalue weighted by Crippen LogP contribution is 2.37. The van der Waals surface area contributed by atoms with Gasteiger partial charge in [0, 0.05) is 5.56 Å². The van der Waals surface area contributed by atoms with E-state index >= 15 is 0 Å². The zero-order chi connectivity index (χ0) is 12.5. The van der Waals surface area contributed by atoms with Crippen LogP contribution in [-0.2, 0) is 0 Å². The Morgan fingerprint density at radius 2 is 2.28 bits per heavy atom. The fourth-order valence-electron chi connectivity index (χ4n) is 2.07. The summed E-state index contributed by atoms with van der Waals surface area (Å²) in [4.78, 5) is 12.1. The summed E-state index contributed by atoms with van der Waals surface area (Å²) >= 11 is 1.61. The Kier molecular flexibility index (Phi) is 2.80. The van der Waals surface area contributed by atoms with E-state index in [-0.39, 0.29) is 11.9 Å². The molecule has 4 heteroatoms. The summed E-state index contributed by atoms with van der Waals surface area (Å²) < 4.78 is 11.0. The van der Waals surface area contributed by atoms with Crippen LogP contribution >= 0.6 is 11.3 Å². The first-order valence-corrected chi connectivity index (χ1v) is 6.62. The highest BCUT2D eigenvalue weighted by molar-refractivity contribution is 7.07. The number of hydrogen-bond acceptors (Lipinski definition) is 4. The first kappa shape index (κ1) is 11.3. The molecule has 92 valence electrons. The van der Waals surface area contributed by atoms with Crippen LogP contribution < -0.4 is 9.47 Å². The Balaban J connectivity index is 1.96. The third kappa shape index (κ3) is 1.88. The van der Waals surface area contributed by atoms with Crippen LogP contribution in [0.4, 0.5) is 0 Å². The smallest absolute Gasteiger partial charge is 0.170 e. The van der Waals surface area contributed by atoms with Crippen LogP contribution in [0.5, 0.6) is 11.5 Å².